The summed E-state index contributed by atoms with van der Waals surface area (Å²) in [5.74, 6) is 0.835. The molecule has 4 heteroatoms. The van der Waals surface area contributed by atoms with Crippen molar-refractivity contribution < 1.29 is 9.47 Å². The first-order valence-corrected chi connectivity index (χ1v) is 7.65. The van der Waals surface area contributed by atoms with Crippen LogP contribution in [0.3, 0.4) is 0 Å². The van der Waals surface area contributed by atoms with Crippen LogP contribution < -0.4 is 10.5 Å². The minimum absolute atomic E-state index is 0.107. The third-order valence-electron chi connectivity index (χ3n) is 3.05. The third kappa shape index (κ3) is 5.93. The van der Waals surface area contributed by atoms with Gasteiger partial charge in [-0.25, -0.2) is 0 Å². The summed E-state index contributed by atoms with van der Waals surface area (Å²) in [6, 6.07) is 6.17. The lowest BCUT2D eigenvalue weighted by atomic mass is 10.0. The molecule has 0 aliphatic carbocycles. The van der Waals surface area contributed by atoms with Crippen molar-refractivity contribution in [3.05, 3.63) is 28.2 Å². The maximum Gasteiger partial charge on any atom is 0.133 e. The Hall–Kier alpha value is -0.580. The summed E-state index contributed by atoms with van der Waals surface area (Å²) in [6.07, 6.45) is 4.68. The first kappa shape index (κ1) is 16.5. The summed E-state index contributed by atoms with van der Waals surface area (Å²) in [6.45, 7) is 3.34. The van der Waals surface area contributed by atoms with E-state index in [9.17, 15) is 0 Å². The van der Waals surface area contributed by atoms with Crippen molar-refractivity contribution in [2.24, 2.45) is 5.73 Å². The molecule has 0 aromatic heterocycles. The number of rotatable bonds is 9. The van der Waals surface area contributed by atoms with Gasteiger partial charge in [0.15, 0.2) is 0 Å². The van der Waals surface area contributed by atoms with E-state index < -0.39 is 0 Å². The Morgan fingerprint density at radius 2 is 2.05 bits per heavy atom. The average molecular weight is 330 g/mol. The molecule has 108 valence electrons. The number of methoxy groups -OCH3 is 1. The van der Waals surface area contributed by atoms with Crippen molar-refractivity contribution in [2.75, 3.05) is 20.3 Å². The highest BCUT2D eigenvalue weighted by Gasteiger charge is 2.09. The minimum Gasteiger partial charge on any atom is -0.490 e. The fourth-order valence-electron chi connectivity index (χ4n) is 1.88. The normalized spacial score (nSPS) is 12.4. The summed E-state index contributed by atoms with van der Waals surface area (Å²) >= 11 is 3.53. The van der Waals surface area contributed by atoms with Gasteiger partial charge in [0.2, 0.25) is 0 Å². The van der Waals surface area contributed by atoms with Gasteiger partial charge in [-0.1, -0.05) is 32.3 Å². The van der Waals surface area contributed by atoms with E-state index >= 15 is 0 Å². The molecular weight excluding hydrogens is 306 g/mol. The summed E-state index contributed by atoms with van der Waals surface area (Å²) in [5.41, 5.74) is 7.35. The highest BCUT2D eigenvalue weighted by atomic mass is 79.9. The first-order chi connectivity index (χ1) is 9.19. The summed E-state index contributed by atoms with van der Waals surface area (Å²) in [5, 5.41) is 0. The van der Waals surface area contributed by atoms with Crippen LogP contribution >= 0.6 is 15.9 Å². The predicted octanol–water partition coefficient (Wildman–Crippen LogP) is 4.05. The Kier molecular flexibility index (Phi) is 8.10. The number of unbranched alkanes of at least 4 members (excludes halogenated alkanes) is 2. The topological polar surface area (TPSA) is 44.5 Å². The van der Waals surface area contributed by atoms with E-state index in [1.54, 1.807) is 7.11 Å². The first-order valence-electron chi connectivity index (χ1n) is 6.85. The smallest absolute Gasteiger partial charge is 0.133 e. The Labute approximate surface area is 124 Å². The van der Waals surface area contributed by atoms with Crippen LogP contribution in [0.1, 0.15) is 44.2 Å². The number of ether oxygens (including phenoxy) is 2. The SMILES string of the molecule is CCCCCC(N)c1ccc(OCCOC)c(Br)c1. The molecule has 0 amide bonds. The van der Waals surface area contributed by atoms with Gasteiger partial charge in [-0.15, -0.1) is 0 Å². The van der Waals surface area contributed by atoms with Crippen LogP contribution in [0, 0.1) is 0 Å². The Morgan fingerprint density at radius 1 is 1.26 bits per heavy atom. The molecule has 1 unspecified atom stereocenters. The van der Waals surface area contributed by atoms with Crippen LogP contribution in [-0.4, -0.2) is 20.3 Å². The molecule has 0 bridgehead atoms. The van der Waals surface area contributed by atoms with Gasteiger partial charge in [-0.3, -0.25) is 0 Å². The second kappa shape index (κ2) is 9.34. The second-order valence-corrected chi connectivity index (χ2v) is 5.49. The summed E-state index contributed by atoms with van der Waals surface area (Å²) in [7, 11) is 1.66. The van der Waals surface area contributed by atoms with Crippen molar-refractivity contribution in [3.8, 4) is 5.75 Å². The molecule has 1 atom stereocenters. The number of nitrogens with two attached hydrogens (primary N) is 1. The molecule has 3 nitrogen and oxygen atoms in total. The lowest BCUT2D eigenvalue weighted by Gasteiger charge is -2.14. The van der Waals surface area contributed by atoms with Crippen molar-refractivity contribution in [2.45, 2.75) is 38.6 Å². The molecule has 19 heavy (non-hydrogen) atoms. The Morgan fingerprint density at radius 3 is 2.68 bits per heavy atom. The highest BCUT2D eigenvalue weighted by Crippen LogP contribution is 2.29. The Bertz CT molecular complexity index is 371. The van der Waals surface area contributed by atoms with E-state index in [1.165, 1.54) is 19.3 Å². The van der Waals surface area contributed by atoms with Crippen molar-refractivity contribution in [1.29, 1.82) is 0 Å². The van der Waals surface area contributed by atoms with Gasteiger partial charge >= 0.3 is 0 Å². The van der Waals surface area contributed by atoms with Crippen LogP contribution in [0.2, 0.25) is 0 Å². The van der Waals surface area contributed by atoms with Gasteiger partial charge < -0.3 is 15.2 Å². The summed E-state index contributed by atoms with van der Waals surface area (Å²) in [4.78, 5) is 0. The molecule has 1 rings (SSSR count). The van der Waals surface area contributed by atoms with Gasteiger partial charge in [-0.05, 0) is 40.0 Å². The minimum atomic E-state index is 0.107. The van der Waals surface area contributed by atoms with Gasteiger partial charge in [-0.2, -0.15) is 0 Å². The second-order valence-electron chi connectivity index (χ2n) is 4.63. The number of hydrogen-bond donors (Lipinski definition) is 1. The van der Waals surface area contributed by atoms with Gasteiger partial charge in [0.1, 0.15) is 12.4 Å². The number of halogens is 1. The number of hydrogen-bond acceptors (Lipinski definition) is 3. The standard InChI is InChI=1S/C15H24BrNO2/c1-3-4-5-6-14(17)12-7-8-15(13(16)11-12)19-10-9-18-2/h7-8,11,14H,3-6,9-10,17H2,1-2H3. The van der Waals surface area contributed by atoms with Crippen LogP contribution in [0.15, 0.2) is 22.7 Å². The molecule has 0 aliphatic heterocycles. The largest absolute Gasteiger partial charge is 0.490 e. The zero-order valence-electron chi connectivity index (χ0n) is 11.8. The zero-order chi connectivity index (χ0) is 14.1. The maximum atomic E-state index is 6.19. The van der Waals surface area contributed by atoms with Crippen molar-refractivity contribution in [1.82, 2.24) is 0 Å². The van der Waals surface area contributed by atoms with Crippen LogP contribution in [-0.2, 0) is 4.74 Å². The van der Waals surface area contributed by atoms with E-state index in [0.717, 1.165) is 22.2 Å². The van der Waals surface area contributed by atoms with E-state index in [-0.39, 0.29) is 6.04 Å². The summed E-state index contributed by atoms with van der Waals surface area (Å²) < 4.78 is 11.5. The van der Waals surface area contributed by atoms with E-state index in [2.05, 4.69) is 28.9 Å². The fourth-order valence-corrected chi connectivity index (χ4v) is 2.39. The quantitative estimate of drug-likeness (QED) is 0.695. The highest BCUT2D eigenvalue weighted by molar-refractivity contribution is 9.10. The Balaban J connectivity index is 2.54. The van der Waals surface area contributed by atoms with Gasteiger partial charge in [0, 0.05) is 13.2 Å². The van der Waals surface area contributed by atoms with Crippen molar-refractivity contribution in [3.63, 3.8) is 0 Å². The number of benzene rings is 1. The van der Waals surface area contributed by atoms with Gasteiger partial charge in [0.25, 0.3) is 0 Å². The molecule has 2 N–H and O–H groups in total. The molecule has 1 aromatic carbocycles. The molecule has 0 spiro atoms. The zero-order valence-corrected chi connectivity index (χ0v) is 13.4. The maximum absolute atomic E-state index is 6.19. The van der Waals surface area contributed by atoms with Crippen LogP contribution in [0.25, 0.3) is 0 Å². The fraction of sp³-hybridized carbons (Fsp3) is 0.600. The van der Waals surface area contributed by atoms with Gasteiger partial charge in [0.05, 0.1) is 11.1 Å². The molecular formula is C15H24BrNO2. The van der Waals surface area contributed by atoms with Crippen molar-refractivity contribution >= 4 is 15.9 Å². The predicted molar refractivity (Wildman–Crippen MR) is 82.6 cm³/mol. The molecule has 0 aliphatic rings. The average Bonchev–Trinajstić information content (AvgIpc) is 2.41. The van der Waals surface area contributed by atoms with E-state index in [0.29, 0.717) is 13.2 Å². The van der Waals surface area contributed by atoms with Crippen LogP contribution in [0.4, 0.5) is 0 Å². The molecule has 0 radical (unpaired) electrons. The third-order valence-corrected chi connectivity index (χ3v) is 3.67. The van der Waals surface area contributed by atoms with E-state index in [1.807, 2.05) is 12.1 Å². The molecule has 0 saturated heterocycles. The molecule has 1 aromatic rings. The monoisotopic (exact) mass is 329 g/mol. The lowest BCUT2D eigenvalue weighted by Crippen LogP contribution is -2.10. The lowest BCUT2D eigenvalue weighted by molar-refractivity contribution is 0.146. The van der Waals surface area contributed by atoms with E-state index in [4.69, 9.17) is 15.2 Å². The molecule has 0 fully saturated rings. The molecule has 0 saturated carbocycles. The molecule has 0 heterocycles. The van der Waals surface area contributed by atoms with Crippen LogP contribution in [0.5, 0.6) is 5.75 Å².